The van der Waals surface area contributed by atoms with E-state index in [0.29, 0.717) is 45.0 Å². The van der Waals surface area contributed by atoms with Gasteiger partial charge in [-0.1, -0.05) is 36.4 Å². The van der Waals surface area contributed by atoms with Crippen molar-refractivity contribution in [3.8, 4) is 17.2 Å². The summed E-state index contributed by atoms with van der Waals surface area (Å²) in [6, 6.07) is 21.6. The van der Waals surface area contributed by atoms with Crippen LogP contribution in [0.3, 0.4) is 0 Å². The van der Waals surface area contributed by atoms with Crippen LogP contribution in [0.2, 0.25) is 0 Å². The van der Waals surface area contributed by atoms with Crippen molar-refractivity contribution in [1.29, 1.82) is 0 Å². The van der Waals surface area contributed by atoms with Gasteiger partial charge in [-0.05, 0) is 42.0 Å². The van der Waals surface area contributed by atoms with Crippen LogP contribution >= 0.6 is 0 Å². The highest BCUT2D eigenvalue weighted by Gasteiger charge is 2.44. The molecular weight excluding hydrogens is 410 g/mol. The number of ether oxygens (including phenoxy) is 3. The zero-order valence-electron chi connectivity index (χ0n) is 16.7. The van der Waals surface area contributed by atoms with Crippen LogP contribution in [0.25, 0.3) is 11.0 Å². The Morgan fingerprint density at radius 2 is 1.69 bits per heavy atom. The van der Waals surface area contributed by atoms with Gasteiger partial charge in [-0.15, -0.1) is 0 Å². The van der Waals surface area contributed by atoms with Crippen molar-refractivity contribution in [1.82, 2.24) is 0 Å². The van der Waals surface area contributed by atoms with Crippen molar-refractivity contribution in [2.24, 2.45) is 0 Å². The van der Waals surface area contributed by atoms with Gasteiger partial charge in [0.2, 0.25) is 6.79 Å². The van der Waals surface area contributed by atoms with E-state index >= 15 is 0 Å². The van der Waals surface area contributed by atoms with Crippen molar-refractivity contribution in [2.75, 3.05) is 12.1 Å². The molecule has 32 heavy (non-hydrogen) atoms. The fraction of sp³-hybridized carbons (Fsp3) is 0.120. The summed E-state index contributed by atoms with van der Waals surface area (Å²) in [6.07, 6.45) is -0.973. The molecule has 0 saturated heterocycles. The molecule has 0 radical (unpaired) electrons. The summed E-state index contributed by atoms with van der Waals surface area (Å²) in [5, 5.41) is 3.53. The number of hydrogen-bond donors (Lipinski definition) is 1. The molecule has 7 nitrogen and oxygen atoms in total. The third kappa shape index (κ3) is 2.90. The van der Waals surface area contributed by atoms with Gasteiger partial charge in [-0.25, -0.2) is 4.79 Å². The lowest BCUT2D eigenvalue weighted by Crippen LogP contribution is -2.35. The molecule has 158 valence electrons. The second kappa shape index (κ2) is 7.16. The maximum Gasteiger partial charge on any atom is 0.344 e. The third-order valence-electron chi connectivity index (χ3n) is 5.71. The molecule has 2 aliphatic heterocycles. The van der Waals surface area contributed by atoms with Crippen molar-refractivity contribution < 1.29 is 23.4 Å². The monoisotopic (exact) mass is 427 g/mol. The average molecular weight is 427 g/mol. The van der Waals surface area contributed by atoms with E-state index in [4.69, 9.17) is 18.6 Å². The fourth-order valence-electron chi connectivity index (χ4n) is 4.27. The molecule has 2 aliphatic rings. The van der Waals surface area contributed by atoms with E-state index in [1.54, 1.807) is 36.4 Å². The van der Waals surface area contributed by atoms with E-state index in [2.05, 4.69) is 5.32 Å². The summed E-state index contributed by atoms with van der Waals surface area (Å²) in [4.78, 5) is 26.4. The summed E-state index contributed by atoms with van der Waals surface area (Å²) in [5.74, 6) is 0.502. The van der Waals surface area contributed by atoms with E-state index < -0.39 is 17.6 Å². The zero-order chi connectivity index (χ0) is 21.7. The molecule has 6 rings (SSSR count). The van der Waals surface area contributed by atoms with Crippen LogP contribution in [0.4, 0.5) is 5.69 Å². The Hall–Kier alpha value is -4.26. The Morgan fingerprint density at radius 1 is 0.906 bits per heavy atom. The molecule has 2 atom stereocenters. The highest BCUT2D eigenvalue weighted by atomic mass is 16.7. The van der Waals surface area contributed by atoms with Gasteiger partial charge in [0.15, 0.2) is 17.6 Å². The van der Waals surface area contributed by atoms with Crippen LogP contribution in [-0.2, 0) is 4.79 Å². The first-order valence-corrected chi connectivity index (χ1v) is 10.2. The fourth-order valence-corrected chi connectivity index (χ4v) is 4.27. The molecule has 0 aliphatic carbocycles. The quantitative estimate of drug-likeness (QED) is 0.497. The Bertz CT molecular complexity index is 1410. The van der Waals surface area contributed by atoms with Gasteiger partial charge in [0.25, 0.3) is 5.91 Å². The maximum atomic E-state index is 13.3. The molecule has 0 bridgehead atoms. The minimum Gasteiger partial charge on any atom is -0.478 e. The average Bonchev–Trinajstić information content (AvgIpc) is 3.45. The van der Waals surface area contributed by atoms with Crippen LogP contribution in [0.5, 0.6) is 17.2 Å². The highest BCUT2D eigenvalue weighted by Crippen LogP contribution is 2.46. The number of rotatable bonds is 3. The predicted octanol–water partition coefficient (Wildman–Crippen LogP) is 4.05. The van der Waals surface area contributed by atoms with E-state index in [0.717, 1.165) is 0 Å². The number of amides is 1. The molecule has 4 aromatic rings. The first-order chi connectivity index (χ1) is 15.7. The molecule has 0 saturated carbocycles. The summed E-state index contributed by atoms with van der Waals surface area (Å²) in [5.41, 5.74) is 1.53. The van der Waals surface area contributed by atoms with Crippen LogP contribution in [0.1, 0.15) is 17.0 Å². The van der Waals surface area contributed by atoms with Gasteiger partial charge < -0.3 is 23.9 Å². The second-order valence-electron chi connectivity index (χ2n) is 7.61. The highest BCUT2D eigenvalue weighted by molar-refractivity contribution is 5.97. The van der Waals surface area contributed by atoms with Gasteiger partial charge in [-0.3, -0.25) is 4.79 Å². The Labute approximate surface area is 182 Å². The Morgan fingerprint density at radius 3 is 2.56 bits per heavy atom. The van der Waals surface area contributed by atoms with Crippen molar-refractivity contribution >= 4 is 22.6 Å². The molecule has 0 fully saturated rings. The number of carbonyl (C=O) groups is 1. The van der Waals surface area contributed by atoms with E-state index in [-0.39, 0.29) is 12.7 Å². The van der Waals surface area contributed by atoms with E-state index in [9.17, 15) is 9.59 Å². The number of benzene rings is 3. The van der Waals surface area contributed by atoms with Crippen molar-refractivity contribution in [2.45, 2.75) is 12.0 Å². The number of fused-ring (bicyclic) bond motifs is 4. The summed E-state index contributed by atoms with van der Waals surface area (Å²) < 4.78 is 22.7. The van der Waals surface area contributed by atoms with Crippen LogP contribution < -0.4 is 25.2 Å². The molecule has 1 N–H and O–H groups in total. The van der Waals surface area contributed by atoms with Gasteiger partial charge in [-0.2, -0.15) is 0 Å². The topological polar surface area (TPSA) is 87.0 Å². The molecule has 3 heterocycles. The molecule has 0 unspecified atom stereocenters. The number of hydrogen-bond acceptors (Lipinski definition) is 6. The molecule has 3 aromatic carbocycles. The van der Waals surface area contributed by atoms with Crippen molar-refractivity contribution in [3.05, 3.63) is 94.3 Å². The number of nitrogens with one attached hydrogen (secondary N) is 1. The molecule has 7 heteroatoms. The first-order valence-electron chi connectivity index (χ1n) is 10.2. The largest absolute Gasteiger partial charge is 0.478 e. The Kier molecular flexibility index (Phi) is 4.14. The standard InChI is InChI=1S/C25H17NO6/c27-24(26-15-6-2-1-3-7-15)23-20(14-10-11-18-19(12-14)30-13-29-18)21-22(32-23)16-8-4-5-9-17(16)31-25(21)28/h1-12,20,23H,13H2,(H,26,27)/t20-,23-/m1/s1. The Balaban J connectivity index is 1.50. The molecule has 0 spiro atoms. The SMILES string of the molecule is O=C(Nc1ccccc1)[C@@H]1Oc2c(c(=O)oc3ccccc23)[C@H]1c1ccc2c(c1)OCO2. The summed E-state index contributed by atoms with van der Waals surface area (Å²) in [6.45, 7) is 0.126. The van der Waals surface area contributed by atoms with Gasteiger partial charge in [0, 0.05) is 5.69 Å². The van der Waals surface area contributed by atoms with E-state index in [1.165, 1.54) is 0 Å². The first kappa shape index (κ1) is 18.5. The van der Waals surface area contributed by atoms with Gasteiger partial charge in [0.05, 0.1) is 16.9 Å². The second-order valence-corrected chi connectivity index (χ2v) is 7.61. The lowest BCUT2D eigenvalue weighted by molar-refractivity contribution is -0.122. The van der Waals surface area contributed by atoms with Gasteiger partial charge in [0.1, 0.15) is 11.3 Å². The van der Waals surface area contributed by atoms with E-state index in [1.807, 2.05) is 36.4 Å². The molecule has 1 amide bonds. The lowest BCUT2D eigenvalue weighted by Gasteiger charge is -2.19. The maximum absolute atomic E-state index is 13.3. The third-order valence-corrected chi connectivity index (χ3v) is 5.71. The normalized spacial score (nSPS) is 18.2. The summed E-state index contributed by atoms with van der Waals surface area (Å²) in [7, 11) is 0. The van der Waals surface area contributed by atoms with Crippen LogP contribution in [0.15, 0.2) is 82.0 Å². The lowest BCUT2D eigenvalue weighted by atomic mass is 9.88. The van der Waals surface area contributed by atoms with Crippen LogP contribution in [0, 0.1) is 0 Å². The molecule has 1 aromatic heterocycles. The summed E-state index contributed by atoms with van der Waals surface area (Å²) >= 11 is 0. The minimum atomic E-state index is -0.973. The predicted molar refractivity (Wildman–Crippen MR) is 116 cm³/mol. The van der Waals surface area contributed by atoms with Crippen LogP contribution in [-0.4, -0.2) is 18.8 Å². The number of anilines is 1. The zero-order valence-corrected chi connectivity index (χ0v) is 16.7. The molecular formula is C25H17NO6. The number of carbonyl (C=O) groups excluding carboxylic acids is 1. The number of para-hydroxylation sites is 2. The smallest absolute Gasteiger partial charge is 0.344 e. The van der Waals surface area contributed by atoms with Crippen molar-refractivity contribution in [3.63, 3.8) is 0 Å². The van der Waals surface area contributed by atoms with Gasteiger partial charge >= 0.3 is 5.63 Å². The minimum absolute atomic E-state index is 0.126.